The Morgan fingerprint density at radius 3 is 2.48 bits per heavy atom. The largest absolute Gasteiger partial charge is 0.341 e. The molecule has 5 nitrogen and oxygen atoms in total. The Kier molecular flexibility index (Phi) is 5.18. The second kappa shape index (κ2) is 7.35. The van der Waals surface area contributed by atoms with Crippen molar-refractivity contribution in [2.45, 2.75) is 33.1 Å². The van der Waals surface area contributed by atoms with E-state index >= 15 is 0 Å². The number of rotatable bonds is 4. The van der Waals surface area contributed by atoms with Gasteiger partial charge in [0.1, 0.15) is 5.82 Å². The second-order valence-electron chi connectivity index (χ2n) is 6.19. The fourth-order valence-electron chi connectivity index (χ4n) is 2.98. The van der Waals surface area contributed by atoms with Crippen molar-refractivity contribution in [2.75, 3.05) is 23.3 Å². The van der Waals surface area contributed by atoms with E-state index in [0.717, 1.165) is 25.9 Å². The quantitative estimate of drug-likeness (QED) is 0.901. The van der Waals surface area contributed by atoms with E-state index in [0.29, 0.717) is 23.0 Å². The van der Waals surface area contributed by atoms with Gasteiger partial charge in [0.25, 0.3) is 0 Å². The molecule has 1 fully saturated rings. The topological polar surface area (TPSA) is 58.1 Å². The summed E-state index contributed by atoms with van der Waals surface area (Å²) in [6.45, 7) is 5.58. The van der Waals surface area contributed by atoms with Gasteiger partial charge in [-0.3, -0.25) is 4.79 Å². The molecule has 25 heavy (non-hydrogen) atoms. The molecule has 0 radical (unpaired) electrons. The first kappa shape index (κ1) is 17.6. The van der Waals surface area contributed by atoms with Gasteiger partial charge in [0.05, 0.1) is 23.5 Å². The number of aromatic nitrogens is 2. The summed E-state index contributed by atoms with van der Waals surface area (Å²) in [5.41, 5.74) is 2.15. The summed E-state index contributed by atoms with van der Waals surface area (Å²) >= 11 is 5.98. The number of nitrogens with one attached hydrogen (secondary N) is 1. The zero-order valence-corrected chi connectivity index (χ0v) is 15.0. The molecule has 0 saturated carbocycles. The summed E-state index contributed by atoms with van der Waals surface area (Å²) in [4.78, 5) is 23.5. The summed E-state index contributed by atoms with van der Waals surface area (Å²) in [7, 11) is 0. The Hall–Kier alpha value is -2.21. The smallest absolute Gasteiger partial charge is 0.229 e. The number of benzene rings is 1. The number of carbonyl (C=O) groups excluding carboxylic acids is 1. The molecule has 2 aromatic rings. The monoisotopic (exact) mass is 362 g/mol. The minimum absolute atomic E-state index is 0.141. The van der Waals surface area contributed by atoms with Crippen molar-refractivity contribution in [2.24, 2.45) is 0 Å². The van der Waals surface area contributed by atoms with Gasteiger partial charge in [0.15, 0.2) is 0 Å². The van der Waals surface area contributed by atoms with Crippen molar-refractivity contribution in [1.82, 2.24) is 9.97 Å². The lowest BCUT2D eigenvalue weighted by atomic mass is 10.1. The van der Waals surface area contributed by atoms with Gasteiger partial charge in [-0.2, -0.15) is 0 Å². The third kappa shape index (κ3) is 3.90. The Morgan fingerprint density at radius 1 is 1.24 bits per heavy atom. The van der Waals surface area contributed by atoms with Crippen LogP contribution in [0.5, 0.6) is 0 Å². The van der Waals surface area contributed by atoms with Crippen molar-refractivity contribution in [3.05, 3.63) is 46.0 Å². The lowest BCUT2D eigenvalue weighted by Gasteiger charge is -2.18. The maximum Gasteiger partial charge on any atom is 0.229 e. The number of aryl methyl sites for hydroxylation is 2. The highest BCUT2D eigenvalue weighted by molar-refractivity contribution is 6.31. The molecule has 0 atom stereocenters. The molecular weight excluding hydrogens is 343 g/mol. The summed E-state index contributed by atoms with van der Waals surface area (Å²) in [6.07, 6.45) is 2.14. The molecule has 1 aliphatic rings. The number of nitrogens with zero attached hydrogens (tertiary/aromatic N) is 3. The predicted octanol–water partition coefficient (Wildman–Crippen LogP) is 3.67. The average Bonchev–Trinajstić information content (AvgIpc) is 3.09. The van der Waals surface area contributed by atoms with Gasteiger partial charge < -0.3 is 10.2 Å². The van der Waals surface area contributed by atoms with E-state index in [4.69, 9.17) is 11.6 Å². The fourth-order valence-corrected chi connectivity index (χ4v) is 3.21. The average molecular weight is 363 g/mol. The maximum atomic E-state index is 13.8. The van der Waals surface area contributed by atoms with E-state index in [1.165, 1.54) is 12.1 Å². The number of anilines is 2. The molecule has 0 aliphatic carbocycles. The van der Waals surface area contributed by atoms with Crippen molar-refractivity contribution >= 4 is 29.1 Å². The molecular formula is C18H20ClFN4O. The Bertz CT molecular complexity index is 762. The van der Waals surface area contributed by atoms with Gasteiger partial charge in [0, 0.05) is 23.7 Å². The molecule has 3 rings (SSSR count). The Labute approximate surface area is 151 Å². The van der Waals surface area contributed by atoms with Crippen LogP contribution in [0.15, 0.2) is 18.2 Å². The van der Waals surface area contributed by atoms with Crippen LogP contribution in [0.3, 0.4) is 0 Å². The van der Waals surface area contributed by atoms with Gasteiger partial charge in [-0.1, -0.05) is 17.7 Å². The van der Waals surface area contributed by atoms with Crippen LogP contribution < -0.4 is 10.2 Å². The second-order valence-corrected chi connectivity index (χ2v) is 6.60. The highest BCUT2D eigenvalue weighted by Gasteiger charge is 2.19. The van der Waals surface area contributed by atoms with E-state index in [1.807, 2.05) is 13.8 Å². The van der Waals surface area contributed by atoms with Gasteiger partial charge in [-0.15, -0.1) is 0 Å². The van der Waals surface area contributed by atoms with Gasteiger partial charge in [0.2, 0.25) is 11.9 Å². The summed E-state index contributed by atoms with van der Waals surface area (Å²) in [5, 5.41) is 3.03. The molecule has 0 unspecified atom stereocenters. The molecule has 0 spiro atoms. The van der Waals surface area contributed by atoms with Gasteiger partial charge >= 0.3 is 0 Å². The fraction of sp³-hybridized carbons (Fsp3) is 0.389. The number of hydrogen-bond acceptors (Lipinski definition) is 4. The molecule has 2 heterocycles. The number of amides is 1. The van der Waals surface area contributed by atoms with Crippen molar-refractivity contribution < 1.29 is 9.18 Å². The molecule has 7 heteroatoms. The van der Waals surface area contributed by atoms with E-state index in [2.05, 4.69) is 20.2 Å². The van der Waals surface area contributed by atoms with Crippen LogP contribution in [0.4, 0.5) is 16.0 Å². The van der Waals surface area contributed by atoms with Crippen LogP contribution in [0.1, 0.15) is 29.8 Å². The zero-order chi connectivity index (χ0) is 18.0. The highest BCUT2D eigenvalue weighted by atomic mass is 35.5. The molecule has 1 aromatic carbocycles. The standard InChI is InChI=1S/C18H20ClFN4O/c1-11-17(12(2)22-18(21-11)24-8-3-4-9-24)23-16(25)10-13-14(19)6-5-7-15(13)20/h5-7H,3-4,8-10H2,1-2H3,(H,23,25). The molecule has 1 aromatic heterocycles. The van der Waals surface area contributed by atoms with Crippen LogP contribution in [0, 0.1) is 19.7 Å². The molecule has 1 amide bonds. The van der Waals surface area contributed by atoms with Crippen molar-refractivity contribution in [3.8, 4) is 0 Å². The van der Waals surface area contributed by atoms with Crippen LogP contribution in [0.2, 0.25) is 5.02 Å². The van der Waals surface area contributed by atoms with Gasteiger partial charge in [-0.25, -0.2) is 14.4 Å². The van der Waals surface area contributed by atoms with Crippen LogP contribution in [-0.4, -0.2) is 29.0 Å². The molecule has 1 saturated heterocycles. The minimum Gasteiger partial charge on any atom is -0.341 e. The molecule has 0 bridgehead atoms. The summed E-state index contributed by atoms with van der Waals surface area (Å²) in [6, 6.07) is 4.37. The first-order valence-electron chi connectivity index (χ1n) is 8.28. The van der Waals surface area contributed by atoms with E-state index < -0.39 is 5.82 Å². The molecule has 132 valence electrons. The SMILES string of the molecule is Cc1nc(N2CCCC2)nc(C)c1NC(=O)Cc1c(F)cccc1Cl. The number of carbonyl (C=O) groups is 1. The molecule has 1 aliphatic heterocycles. The van der Waals surface area contributed by atoms with E-state index in [1.54, 1.807) is 6.07 Å². The highest BCUT2D eigenvalue weighted by Crippen LogP contribution is 2.24. The number of hydrogen-bond donors (Lipinski definition) is 1. The third-order valence-corrected chi connectivity index (χ3v) is 4.67. The summed E-state index contributed by atoms with van der Waals surface area (Å²) in [5.74, 6) is -0.143. The maximum absolute atomic E-state index is 13.8. The normalized spacial score (nSPS) is 14.0. The van der Waals surface area contributed by atoms with Gasteiger partial charge in [-0.05, 0) is 38.8 Å². The van der Waals surface area contributed by atoms with E-state index in [9.17, 15) is 9.18 Å². The first-order chi connectivity index (χ1) is 12.0. The zero-order valence-electron chi connectivity index (χ0n) is 14.3. The van der Waals surface area contributed by atoms with Crippen molar-refractivity contribution in [3.63, 3.8) is 0 Å². The van der Waals surface area contributed by atoms with Crippen LogP contribution in [0.25, 0.3) is 0 Å². The molecule has 1 N–H and O–H groups in total. The minimum atomic E-state index is -0.489. The third-order valence-electron chi connectivity index (χ3n) is 4.31. The number of halogens is 2. The Balaban J connectivity index is 1.77. The first-order valence-corrected chi connectivity index (χ1v) is 8.66. The lowest BCUT2D eigenvalue weighted by Crippen LogP contribution is -2.23. The predicted molar refractivity (Wildman–Crippen MR) is 96.7 cm³/mol. The lowest BCUT2D eigenvalue weighted by molar-refractivity contribution is -0.115. The van der Waals surface area contributed by atoms with Crippen LogP contribution in [-0.2, 0) is 11.2 Å². The van der Waals surface area contributed by atoms with Crippen LogP contribution >= 0.6 is 11.6 Å². The Morgan fingerprint density at radius 2 is 1.88 bits per heavy atom. The summed E-state index contributed by atoms with van der Waals surface area (Å²) < 4.78 is 13.8. The van der Waals surface area contributed by atoms with E-state index in [-0.39, 0.29) is 22.9 Å². The van der Waals surface area contributed by atoms with Crippen molar-refractivity contribution in [1.29, 1.82) is 0 Å².